The van der Waals surface area contributed by atoms with Gasteiger partial charge in [0.25, 0.3) is 0 Å². The first-order valence-corrected chi connectivity index (χ1v) is 7.85. The molecule has 4 nitrogen and oxygen atoms in total. The summed E-state index contributed by atoms with van der Waals surface area (Å²) in [5.41, 5.74) is 0.978. The highest BCUT2D eigenvalue weighted by Gasteiger charge is 2.26. The molecule has 1 saturated heterocycles. The molecule has 1 atom stereocenters. The van der Waals surface area contributed by atoms with Crippen molar-refractivity contribution in [1.82, 2.24) is 10.2 Å². The Morgan fingerprint density at radius 2 is 2.22 bits per heavy atom. The van der Waals surface area contributed by atoms with Crippen molar-refractivity contribution >= 4 is 9.84 Å². The number of hydrogen-bond donors (Lipinski definition) is 1. The Bertz CT molecular complexity index is 513. The van der Waals surface area contributed by atoms with Crippen molar-refractivity contribution in [2.24, 2.45) is 0 Å². The number of hydrogen-bond acceptors (Lipinski definition) is 4. The van der Waals surface area contributed by atoms with E-state index in [4.69, 9.17) is 0 Å². The number of nitrogens with zero attached hydrogens (tertiary/aromatic N) is 1. The zero-order valence-corrected chi connectivity index (χ0v) is 11.7. The van der Waals surface area contributed by atoms with Crippen molar-refractivity contribution in [1.29, 1.82) is 0 Å². The lowest BCUT2D eigenvalue weighted by Crippen LogP contribution is -2.52. The molecular formula is C13H20N2O2S. The minimum Gasteiger partial charge on any atom is -0.314 e. The lowest BCUT2D eigenvalue weighted by molar-refractivity contribution is 0.216. The van der Waals surface area contributed by atoms with Crippen LogP contribution in [-0.4, -0.2) is 51.8 Å². The van der Waals surface area contributed by atoms with Gasteiger partial charge in [-0.05, 0) is 31.7 Å². The first kappa shape index (κ1) is 13.5. The van der Waals surface area contributed by atoms with Gasteiger partial charge in [0.2, 0.25) is 0 Å². The van der Waals surface area contributed by atoms with Crippen LogP contribution < -0.4 is 5.32 Å². The summed E-state index contributed by atoms with van der Waals surface area (Å²) in [7, 11) is -1.21. The Balaban J connectivity index is 2.16. The van der Waals surface area contributed by atoms with Crippen molar-refractivity contribution in [3.05, 3.63) is 29.8 Å². The van der Waals surface area contributed by atoms with Crippen LogP contribution in [0.15, 0.2) is 29.2 Å². The summed E-state index contributed by atoms with van der Waals surface area (Å²) < 4.78 is 24.7. The molecule has 1 unspecified atom stereocenters. The van der Waals surface area contributed by atoms with Crippen LogP contribution in [-0.2, 0) is 9.84 Å². The molecule has 0 saturated carbocycles. The fraction of sp³-hybridized carbons (Fsp3) is 0.538. The van der Waals surface area contributed by atoms with E-state index in [1.807, 2.05) is 20.0 Å². The number of rotatable bonds is 3. The molecule has 1 heterocycles. The van der Waals surface area contributed by atoms with Gasteiger partial charge in [0.15, 0.2) is 9.84 Å². The first-order chi connectivity index (χ1) is 8.49. The molecule has 0 aliphatic carbocycles. The van der Waals surface area contributed by atoms with E-state index in [0.717, 1.165) is 25.2 Å². The van der Waals surface area contributed by atoms with Gasteiger partial charge in [0, 0.05) is 25.7 Å². The van der Waals surface area contributed by atoms with Gasteiger partial charge in [-0.2, -0.15) is 0 Å². The molecule has 0 spiro atoms. The van der Waals surface area contributed by atoms with Gasteiger partial charge in [-0.15, -0.1) is 0 Å². The molecule has 1 N–H and O–H groups in total. The van der Waals surface area contributed by atoms with Crippen LogP contribution >= 0.6 is 0 Å². The number of sulfone groups is 1. The van der Waals surface area contributed by atoms with Crippen molar-refractivity contribution in [2.75, 3.05) is 32.4 Å². The van der Waals surface area contributed by atoms with E-state index in [-0.39, 0.29) is 11.8 Å². The van der Waals surface area contributed by atoms with E-state index < -0.39 is 9.84 Å². The minimum absolute atomic E-state index is 0.0595. The predicted octanol–water partition coefficient (Wildman–Crippen LogP) is 0.672. The van der Waals surface area contributed by atoms with Crippen LogP contribution in [0.1, 0.15) is 5.56 Å². The minimum atomic E-state index is -3.20. The number of likely N-dealkylation sites (N-methyl/N-ethyl adjacent to an activating group) is 1. The molecule has 0 bridgehead atoms. The Morgan fingerprint density at radius 1 is 1.44 bits per heavy atom. The average Bonchev–Trinajstić information content (AvgIpc) is 2.32. The van der Waals surface area contributed by atoms with Crippen molar-refractivity contribution in [2.45, 2.75) is 17.9 Å². The molecular weight excluding hydrogens is 248 g/mol. The largest absolute Gasteiger partial charge is 0.314 e. The standard InChI is InChI=1S/C13H20N2O2S/c1-11-4-3-5-13(8-11)18(16,17)10-12-9-14-6-7-15(12)2/h3-5,8,12,14H,6-7,9-10H2,1-2H3. The number of benzene rings is 1. The van der Waals surface area contributed by atoms with E-state index >= 15 is 0 Å². The molecule has 2 rings (SSSR count). The van der Waals surface area contributed by atoms with Crippen LogP contribution in [0.3, 0.4) is 0 Å². The highest BCUT2D eigenvalue weighted by molar-refractivity contribution is 7.91. The number of piperazine rings is 1. The summed E-state index contributed by atoms with van der Waals surface area (Å²) in [4.78, 5) is 2.55. The SMILES string of the molecule is Cc1cccc(S(=O)(=O)CC2CNCCN2C)c1. The predicted molar refractivity (Wildman–Crippen MR) is 72.5 cm³/mol. The number of nitrogens with one attached hydrogen (secondary N) is 1. The van der Waals surface area contributed by atoms with E-state index in [0.29, 0.717) is 4.90 Å². The summed E-state index contributed by atoms with van der Waals surface area (Å²) in [6.45, 7) is 4.47. The molecule has 1 fully saturated rings. The van der Waals surface area contributed by atoms with Crippen LogP contribution in [0.4, 0.5) is 0 Å². The van der Waals surface area contributed by atoms with Gasteiger partial charge in [0.05, 0.1) is 10.6 Å². The third kappa shape index (κ3) is 3.10. The van der Waals surface area contributed by atoms with Gasteiger partial charge in [-0.3, -0.25) is 4.90 Å². The molecule has 1 aromatic carbocycles. The maximum Gasteiger partial charge on any atom is 0.179 e. The molecule has 0 aromatic heterocycles. The third-order valence-electron chi connectivity index (χ3n) is 3.41. The van der Waals surface area contributed by atoms with Gasteiger partial charge < -0.3 is 5.32 Å². The van der Waals surface area contributed by atoms with E-state index in [2.05, 4.69) is 10.2 Å². The van der Waals surface area contributed by atoms with Gasteiger partial charge in [-0.1, -0.05) is 12.1 Å². The zero-order valence-electron chi connectivity index (χ0n) is 10.9. The second-order valence-corrected chi connectivity index (χ2v) is 6.97. The molecule has 0 amide bonds. The highest BCUT2D eigenvalue weighted by atomic mass is 32.2. The molecule has 100 valence electrons. The Labute approximate surface area is 109 Å². The van der Waals surface area contributed by atoms with Crippen LogP contribution in [0.2, 0.25) is 0 Å². The van der Waals surface area contributed by atoms with Gasteiger partial charge in [0.1, 0.15) is 0 Å². The molecule has 1 aliphatic heterocycles. The highest BCUT2D eigenvalue weighted by Crippen LogP contribution is 2.15. The first-order valence-electron chi connectivity index (χ1n) is 6.19. The lowest BCUT2D eigenvalue weighted by Gasteiger charge is -2.32. The van der Waals surface area contributed by atoms with Crippen LogP contribution in [0, 0.1) is 6.92 Å². The van der Waals surface area contributed by atoms with Gasteiger partial charge in [-0.25, -0.2) is 8.42 Å². The van der Waals surface area contributed by atoms with Crippen molar-refractivity contribution in [3.8, 4) is 0 Å². The Hall–Kier alpha value is -0.910. The topological polar surface area (TPSA) is 49.4 Å². The quantitative estimate of drug-likeness (QED) is 0.875. The van der Waals surface area contributed by atoms with Crippen LogP contribution in [0.5, 0.6) is 0 Å². The summed E-state index contributed by atoms with van der Waals surface area (Å²) >= 11 is 0. The summed E-state index contributed by atoms with van der Waals surface area (Å²) in [5.74, 6) is 0.181. The van der Waals surface area contributed by atoms with E-state index in [9.17, 15) is 8.42 Å². The smallest absolute Gasteiger partial charge is 0.179 e. The third-order valence-corrected chi connectivity index (χ3v) is 5.20. The maximum absolute atomic E-state index is 12.3. The second-order valence-electron chi connectivity index (χ2n) is 4.94. The summed E-state index contributed by atoms with van der Waals surface area (Å²) in [5, 5.41) is 3.24. The fourth-order valence-electron chi connectivity index (χ4n) is 2.21. The second kappa shape index (κ2) is 5.38. The Kier molecular flexibility index (Phi) is 4.04. The van der Waals surface area contributed by atoms with E-state index in [1.54, 1.807) is 18.2 Å². The summed E-state index contributed by atoms with van der Waals surface area (Å²) in [6, 6.07) is 7.19. The molecule has 0 radical (unpaired) electrons. The van der Waals surface area contributed by atoms with Crippen molar-refractivity contribution in [3.63, 3.8) is 0 Å². The molecule has 1 aromatic rings. The average molecular weight is 268 g/mol. The molecule has 18 heavy (non-hydrogen) atoms. The van der Waals surface area contributed by atoms with Crippen LogP contribution in [0.25, 0.3) is 0 Å². The summed E-state index contributed by atoms with van der Waals surface area (Å²) in [6.07, 6.45) is 0. The molecule has 1 aliphatic rings. The number of aryl methyl sites for hydroxylation is 1. The molecule has 5 heteroatoms. The maximum atomic E-state index is 12.3. The monoisotopic (exact) mass is 268 g/mol. The zero-order chi connectivity index (χ0) is 13.2. The van der Waals surface area contributed by atoms with Crippen molar-refractivity contribution < 1.29 is 8.42 Å². The fourth-order valence-corrected chi connectivity index (χ4v) is 3.93. The normalized spacial score (nSPS) is 22.0. The Morgan fingerprint density at radius 3 is 2.89 bits per heavy atom. The van der Waals surface area contributed by atoms with E-state index in [1.165, 1.54) is 0 Å². The lowest BCUT2D eigenvalue weighted by atomic mass is 10.2. The van der Waals surface area contributed by atoms with Gasteiger partial charge >= 0.3 is 0 Å².